The fraction of sp³-hybridized carbons (Fsp3) is 0.800. The van der Waals surface area contributed by atoms with E-state index in [2.05, 4.69) is 69.8 Å². The highest BCUT2D eigenvalue weighted by Gasteiger charge is 2.08. The number of carboxylic acid groups (broad SMARTS) is 3. The van der Waals surface area contributed by atoms with Gasteiger partial charge in [0, 0.05) is 14.8 Å². The zero-order valence-corrected chi connectivity index (χ0v) is 39.5. The molecule has 0 saturated heterocycles. The lowest BCUT2D eigenvalue weighted by Gasteiger charge is -2.07. The summed E-state index contributed by atoms with van der Waals surface area (Å²) in [6.07, 6.45) is -1.70. The molecular weight excluding hydrogens is 964 g/mol. The van der Waals surface area contributed by atoms with E-state index in [9.17, 15) is 39.0 Å². The van der Waals surface area contributed by atoms with Gasteiger partial charge in [-0.2, -0.15) is 9.12 Å². The lowest BCUT2D eigenvalue weighted by Crippen LogP contribution is -3.06. The Kier molecular flexibility index (Phi) is 67.1. The molecule has 2 unspecified atom stereocenters. The number of carbonyl (C=O) groups is 6. The average molecular weight is 1030 g/mol. The number of aliphatic carboxylic acids is 3. The van der Waals surface area contributed by atoms with Crippen molar-refractivity contribution >= 4 is 107 Å². The molecule has 0 spiro atoms. The molecule has 0 amide bonds. The maximum atomic E-state index is 10.9. The van der Waals surface area contributed by atoms with Crippen molar-refractivity contribution in [2.75, 3.05) is 102 Å². The number of rotatable bonds is 19. The van der Waals surface area contributed by atoms with Crippen LogP contribution in [0.25, 0.3) is 0 Å². The predicted molar refractivity (Wildman–Crippen MR) is 229 cm³/mol. The monoisotopic (exact) mass is 1030 g/mol. The molecule has 0 aliphatic heterocycles. The van der Waals surface area contributed by atoms with Crippen LogP contribution in [0.5, 0.6) is 0 Å². The standard InChI is InChI=1S/C10H14O8.C8H15NO4.2C4H11NO.C2H6.CH3BIP.CH5BIP.2H2/c11-7(12)1-3-9(15)17-5-6-18-10(16)4-2-8(13)14;1-9(2)5-6-13-8(12)4-3-7(10)11;2*1-5(2)3-4-6;1-2;1-4(2)3;1-2(3)4;;/h1-6H2,(H,11,12)(H,13,14);3-6H2,1-2H3,(H,10,11);2*6H,3-4H2,1-2H3;1-2H3;1H3;4H2,1H3;2*1H/p+1. The van der Waals surface area contributed by atoms with Gasteiger partial charge in [-0.1, -0.05) is 48.2 Å². The second-order valence-corrected chi connectivity index (χ2v) is 20.8. The number of ether oxygens (including phenoxy) is 3. The summed E-state index contributed by atoms with van der Waals surface area (Å²) in [6.45, 7) is 11.0. The smallest absolute Gasteiger partial charge is 0.306 e. The maximum absolute atomic E-state index is 10.9. The van der Waals surface area contributed by atoms with Gasteiger partial charge < -0.3 is 64.0 Å². The SMILES string of the molecule is CB(P)I.CC.C[NH+](C)CCO.C[NH+](C)CCO.C[NH+](C)CCOC(=O)CCC(=O)[O-].O=C([O-])CCC(=O)OCCOC(=O)CCC(=O)O.[B]P(C)I.[HH].[HH]. The van der Waals surface area contributed by atoms with Gasteiger partial charge in [0.15, 0.2) is 0 Å². The lowest BCUT2D eigenvalue weighted by molar-refractivity contribution is -0.858. The molecule has 0 aromatic carbocycles. The van der Waals surface area contributed by atoms with Crippen LogP contribution in [-0.2, 0) is 43.0 Å². The summed E-state index contributed by atoms with van der Waals surface area (Å²) in [5, 5.41) is 44.7. The average Bonchev–Trinajstić information content (AvgIpc) is 3.01. The Labute approximate surface area is 351 Å². The predicted octanol–water partition coefficient (Wildman–Crippen LogP) is -3.62. The molecule has 0 heterocycles. The number of hydrogen-bond acceptors (Lipinski definition) is 13. The molecule has 2 atom stereocenters. The minimum absolute atomic E-state index is 0. The largest absolute Gasteiger partial charge is 0.550 e. The number of hydrogen-bond donors (Lipinski definition) is 6. The van der Waals surface area contributed by atoms with Gasteiger partial charge in [0.2, 0.25) is 4.29 Å². The molecule has 23 heteroatoms. The summed E-state index contributed by atoms with van der Waals surface area (Å²) in [5.41, 5.74) is -0.150. The van der Waals surface area contributed by atoms with Crippen molar-refractivity contribution in [3.8, 4) is 0 Å². The Balaban J connectivity index is -0.0000000714. The Bertz CT molecular complexity index is 845. The van der Waals surface area contributed by atoms with Crippen molar-refractivity contribution < 1.29 is 86.1 Å². The fourth-order valence-electron chi connectivity index (χ4n) is 1.96. The highest BCUT2D eigenvalue weighted by Crippen LogP contribution is 2.32. The first-order valence-electron chi connectivity index (χ1n) is 16.7. The van der Waals surface area contributed by atoms with Gasteiger partial charge in [-0.25, -0.2) is 0 Å². The van der Waals surface area contributed by atoms with Gasteiger partial charge in [-0.05, 0) is 19.5 Å². The third kappa shape index (κ3) is 112. The Morgan fingerprint density at radius 1 is 0.698 bits per heavy atom. The van der Waals surface area contributed by atoms with Crippen molar-refractivity contribution in [1.29, 1.82) is 0 Å². The molecule has 0 aromatic heterocycles. The van der Waals surface area contributed by atoms with Crippen LogP contribution in [0.2, 0.25) is 6.82 Å². The summed E-state index contributed by atoms with van der Waals surface area (Å²) >= 11 is 4.49. The zero-order chi connectivity index (χ0) is 43.4. The second kappa shape index (κ2) is 53.2. The van der Waals surface area contributed by atoms with Gasteiger partial charge in [0.25, 0.3) is 0 Å². The Morgan fingerprint density at radius 3 is 1.13 bits per heavy atom. The van der Waals surface area contributed by atoms with Gasteiger partial charge >= 0.3 is 23.9 Å². The van der Waals surface area contributed by atoms with Crippen molar-refractivity contribution in [2.24, 2.45) is 0 Å². The molecule has 17 nitrogen and oxygen atoms in total. The van der Waals surface area contributed by atoms with Crippen molar-refractivity contribution in [2.45, 2.75) is 59.2 Å². The minimum atomic E-state index is -1.35. The number of nitrogens with one attached hydrogen (secondary N) is 3. The van der Waals surface area contributed by atoms with E-state index < -0.39 is 42.2 Å². The molecule has 318 valence electrons. The van der Waals surface area contributed by atoms with E-state index in [4.69, 9.17) is 27.6 Å². The Morgan fingerprint density at radius 2 is 0.943 bits per heavy atom. The van der Waals surface area contributed by atoms with Crippen LogP contribution in [0, 0.1) is 0 Å². The van der Waals surface area contributed by atoms with Crippen molar-refractivity contribution in [3.63, 3.8) is 0 Å². The van der Waals surface area contributed by atoms with E-state index in [-0.39, 0.29) is 53.6 Å². The summed E-state index contributed by atoms with van der Waals surface area (Å²) in [6, 6.07) is 0. The number of quaternary nitrogens is 3. The maximum Gasteiger partial charge on any atom is 0.306 e. The number of carboxylic acids is 3. The molecule has 0 rings (SSSR count). The first-order chi connectivity index (χ1) is 24.4. The highest BCUT2D eigenvalue weighted by atomic mass is 127. The number of aliphatic hydroxyl groups excluding tert-OH is 2. The van der Waals surface area contributed by atoms with Crippen LogP contribution < -0.4 is 24.9 Å². The van der Waals surface area contributed by atoms with Gasteiger partial charge in [-0.3, -0.25) is 19.2 Å². The van der Waals surface area contributed by atoms with E-state index in [1.807, 2.05) is 62.8 Å². The molecule has 2 radical (unpaired) electrons. The molecule has 0 aliphatic carbocycles. The third-order valence-electron chi connectivity index (χ3n) is 4.31. The van der Waals surface area contributed by atoms with Crippen LogP contribution >= 0.6 is 59.0 Å². The van der Waals surface area contributed by atoms with Gasteiger partial charge in [-0.15, -0.1) is 22.4 Å². The van der Waals surface area contributed by atoms with Crippen LogP contribution in [0.3, 0.4) is 0 Å². The second-order valence-electron chi connectivity index (χ2n) is 10.8. The molecule has 6 N–H and O–H groups in total. The third-order valence-corrected chi connectivity index (χ3v) is 4.31. The van der Waals surface area contributed by atoms with Gasteiger partial charge in [0.05, 0.1) is 81.2 Å². The first kappa shape index (κ1) is 66.9. The van der Waals surface area contributed by atoms with E-state index >= 15 is 0 Å². The highest BCUT2D eigenvalue weighted by molar-refractivity contribution is 14.2. The topological polar surface area (TPSA) is 250 Å². The summed E-state index contributed by atoms with van der Waals surface area (Å²) in [4.78, 5) is 66.4. The molecule has 0 fully saturated rings. The molecule has 0 saturated carbocycles. The number of esters is 3. The minimum Gasteiger partial charge on any atom is -0.550 e. The van der Waals surface area contributed by atoms with Crippen LogP contribution in [0.1, 0.15) is 55.2 Å². The summed E-state index contributed by atoms with van der Waals surface area (Å²) in [7, 11) is 19.7. The zero-order valence-electron chi connectivity index (χ0n) is 33.2. The lowest BCUT2D eigenvalue weighted by atomic mass is 10.2. The normalized spacial score (nSPS) is 9.77. The summed E-state index contributed by atoms with van der Waals surface area (Å²) < 4.78 is 14.6. The number of halogens is 2. The van der Waals surface area contributed by atoms with Crippen LogP contribution in [0.4, 0.5) is 0 Å². The van der Waals surface area contributed by atoms with Gasteiger partial charge in [0.1, 0.15) is 47.0 Å². The first-order valence-corrected chi connectivity index (χ1v) is 23.2. The van der Waals surface area contributed by atoms with Crippen LogP contribution in [0.15, 0.2) is 0 Å². The fourth-order valence-corrected chi connectivity index (χ4v) is 1.96. The van der Waals surface area contributed by atoms with E-state index in [1.54, 1.807) is 0 Å². The van der Waals surface area contributed by atoms with Crippen molar-refractivity contribution in [1.82, 2.24) is 0 Å². The summed E-state index contributed by atoms with van der Waals surface area (Å²) in [5.74, 6) is -5.61. The van der Waals surface area contributed by atoms with Crippen LogP contribution in [-0.4, -0.2) is 165 Å². The molecular formula is C30H70B2I2N3O14P2+. The van der Waals surface area contributed by atoms with Crippen molar-refractivity contribution in [3.05, 3.63) is 0 Å². The molecule has 0 bridgehead atoms. The quantitative estimate of drug-likeness (QED) is 0.0183. The molecule has 53 heavy (non-hydrogen) atoms. The molecule has 0 aliphatic rings. The molecule has 0 aromatic rings. The number of aliphatic hydroxyl groups is 2. The number of carbonyl (C=O) groups excluding carboxylic acids is 5. The number of likely N-dealkylation sites (N-methyl/N-ethyl adjacent to an activating group) is 3. The van der Waals surface area contributed by atoms with E-state index in [0.29, 0.717) is 19.8 Å². The van der Waals surface area contributed by atoms with E-state index in [0.717, 1.165) is 23.9 Å². The Hall–Kier alpha value is -0.930. The van der Waals surface area contributed by atoms with E-state index in [1.165, 1.54) is 14.7 Å².